The first-order valence-electron chi connectivity index (χ1n) is 2.18. The summed E-state index contributed by atoms with van der Waals surface area (Å²) in [5, 5.41) is 6.98. The molecule has 1 aromatic heterocycles. The number of amidine groups is 1. The summed E-state index contributed by atoms with van der Waals surface area (Å²) < 4.78 is 0.984. The predicted molar refractivity (Wildman–Crippen MR) is 41.6 cm³/mol. The number of hydrogen-bond donors (Lipinski definition) is 2. The van der Waals surface area contributed by atoms with E-state index >= 15 is 0 Å². The molecule has 0 aliphatic heterocycles. The van der Waals surface area contributed by atoms with Crippen LogP contribution in [0.25, 0.3) is 0 Å². The quantitative estimate of drug-likeness (QED) is 0.394. The summed E-state index contributed by atoms with van der Waals surface area (Å²) in [4.78, 5) is 2.05. The van der Waals surface area contributed by atoms with Gasteiger partial charge in [0, 0.05) is 0 Å². The molecule has 9 heavy (non-hydrogen) atoms. The van der Waals surface area contributed by atoms with Crippen molar-refractivity contribution in [3.63, 3.8) is 0 Å². The molecule has 0 unspecified atom stereocenters. The fourth-order valence-electron chi connectivity index (χ4n) is 0.432. The third-order valence-electron chi connectivity index (χ3n) is 0.787. The zero-order valence-corrected chi connectivity index (χ0v) is 7.16. The Balaban J connectivity index is 0.000000640. The van der Waals surface area contributed by atoms with Crippen molar-refractivity contribution in [1.29, 1.82) is 5.41 Å². The summed E-state index contributed by atoms with van der Waals surface area (Å²) in [5.41, 5.74) is 5.19. The minimum atomic E-state index is 0. The molecule has 0 radical (unpaired) electrons. The van der Waals surface area contributed by atoms with Crippen LogP contribution in [0.2, 0.25) is 0 Å². The third-order valence-corrected chi connectivity index (χ3v) is 2.68. The molecule has 0 amide bonds. The van der Waals surface area contributed by atoms with Crippen molar-refractivity contribution < 1.29 is 0 Å². The normalized spacial score (nSPS) is 8.00. The molecule has 0 saturated carbocycles. The van der Waals surface area contributed by atoms with Crippen LogP contribution in [0.3, 0.4) is 0 Å². The average Bonchev–Trinajstić information content (AvgIpc) is 2.12. The van der Waals surface area contributed by atoms with Crippen LogP contribution in [-0.2, 0) is 0 Å². The van der Waals surface area contributed by atoms with Crippen molar-refractivity contribution in [2.24, 2.45) is 5.73 Å². The Labute approximate surface area is 65.7 Å². The molecule has 0 spiro atoms. The van der Waals surface area contributed by atoms with E-state index in [2.05, 4.69) is 0 Å². The van der Waals surface area contributed by atoms with Gasteiger partial charge < -0.3 is 0 Å². The number of hydrogen-bond acceptors (Lipinski definition) is 1. The van der Waals surface area contributed by atoms with E-state index < -0.39 is 0 Å². The van der Waals surface area contributed by atoms with E-state index in [4.69, 9.17) is 11.1 Å². The van der Waals surface area contributed by atoms with Crippen molar-refractivity contribution in [2.75, 3.05) is 0 Å². The molecule has 0 aliphatic rings. The average molecular weight is 210 g/mol. The molecule has 3 N–H and O–H groups in total. The number of nitrogens with one attached hydrogen (secondary N) is 1. The maximum absolute atomic E-state index is 6.98. The fourth-order valence-corrected chi connectivity index (χ4v) is 1.67. The van der Waals surface area contributed by atoms with Crippen LogP contribution < -0.4 is 5.73 Å². The zero-order valence-electron chi connectivity index (χ0n) is 4.63. The molecule has 1 aromatic rings. The minimum absolute atomic E-state index is 0. The molecular formula is C5H7ClN2Se. The van der Waals surface area contributed by atoms with Crippen molar-refractivity contribution in [3.8, 4) is 0 Å². The molecule has 0 atom stereocenters. The maximum atomic E-state index is 6.98. The first-order valence-corrected chi connectivity index (χ1v) is 4.03. The van der Waals surface area contributed by atoms with Crippen molar-refractivity contribution in [2.45, 2.75) is 0 Å². The first kappa shape index (κ1) is 8.76. The molecule has 0 saturated heterocycles. The van der Waals surface area contributed by atoms with Gasteiger partial charge in [0.2, 0.25) is 0 Å². The van der Waals surface area contributed by atoms with Crippen LogP contribution in [0.4, 0.5) is 0 Å². The Kier molecular flexibility index (Phi) is 3.62. The predicted octanol–water partition coefficient (Wildman–Crippen LogP) is 0.449. The van der Waals surface area contributed by atoms with Crippen LogP contribution >= 0.6 is 12.4 Å². The number of halogens is 1. The van der Waals surface area contributed by atoms with Gasteiger partial charge in [0.15, 0.2) is 0 Å². The SMILES string of the molecule is Cl.N=C(N)c1ccc[se]1. The topological polar surface area (TPSA) is 49.9 Å². The number of nitrogen functional groups attached to an aromatic ring is 1. The van der Waals surface area contributed by atoms with Gasteiger partial charge in [-0.25, -0.2) is 0 Å². The number of nitrogens with two attached hydrogens (primary N) is 1. The van der Waals surface area contributed by atoms with E-state index in [9.17, 15) is 0 Å². The van der Waals surface area contributed by atoms with Crippen LogP contribution in [-0.4, -0.2) is 20.3 Å². The molecule has 0 aromatic carbocycles. The van der Waals surface area contributed by atoms with E-state index in [-0.39, 0.29) is 18.2 Å². The Morgan fingerprint density at radius 1 is 1.67 bits per heavy atom. The van der Waals surface area contributed by atoms with Gasteiger partial charge in [-0.3, -0.25) is 0 Å². The van der Waals surface area contributed by atoms with Gasteiger partial charge in [-0.2, -0.15) is 0 Å². The summed E-state index contributed by atoms with van der Waals surface area (Å²) in [6.07, 6.45) is 0. The second kappa shape index (κ2) is 3.72. The third kappa shape index (κ3) is 2.22. The molecule has 0 fully saturated rings. The standard InChI is InChI=1S/C5H6N2Se.ClH/c6-5(7)4-2-1-3-8-4;/h1-3H,(H3,6,7);1H. The summed E-state index contributed by atoms with van der Waals surface area (Å²) in [6.45, 7) is 0. The van der Waals surface area contributed by atoms with Crippen LogP contribution in [0.1, 0.15) is 4.44 Å². The molecule has 1 rings (SSSR count). The van der Waals surface area contributed by atoms with Gasteiger partial charge in [0.25, 0.3) is 0 Å². The molecule has 0 aliphatic carbocycles. The summed E-state index contributed by atoms with van der Waals surface area (Å²) in [5.74, 6) is 0.218. The van der Waals surface area contributed by atoms with Gasteiger partial charge in [0.1, 0.15) is 0 Å². The number of rotatable bonds is 1. The van der Waals surface area contributed by atoms with E-state index in [1.807, 2.05) is 17.1 Å². The van der Waals surface area contributed by atoms with E-state index in [0.717, 1.165) is 4.44 Å². The Hall–Kier alpha value is -0.241. The monoisotopic (exact) mass is 210 g/mol. The fraction of sp³-hybridized carbons (Fsp3) is 0. The van der Waals surface area contributed by atoms with Gasteiger partial charge in [-0.1, -0.05) is 0 Å². The van der Waals surface area contributed by atoms with Gasteiger partial charge in [-0.05, 0) is 0 Å². The van der Waals surface area contributed by atoms with Crippen molar-refractivity contribution >= 4 is 32.7 Å². The van der Waals surface area contributed by atoms with E-state index in [1.165, 1.54) is 0 Å². The Morgan fingerprint density at radius 2 is 2.33 bits per heavy atom. The first-order chi connectivity index (χ1) is 3.80. The molecule has 4 heteroatoms. The summed E-state index contributed by atoms with van der Waals surface area (Å²) in [7, 11) is 0. The molecule has 50 valence electrons. The second-order valence-electron chi connectivity index (χ2n) is 1.39. The van der Waals surface area contributed by atoms with E-state index in [1.54, 1.807) is 0 Å². The second-order valence-corrected chi connectivity index (χ2v) is 3.38. The summed E-state index contributed by atoms with van der Waals surface area (Å²) >= 11 is 0.339. The zero-order chi connectivity index (χ0) is 5.98. The molecule has 2 nitrogen and oxygen atoms in total. The van der Waals surface area contributed by atoms with Gasteiger partial charge >= 0.3 is 53.0 Å². The van der Waals surface area contributed by atoms with Gasteiger partial charge in [0.05, 0.1) is 0 Å². The van der Waals surface area contributed by atoms with Gasteiger partial charge in [-0.15, -0.1) is 12.4 Å². The van der Waals surface area contributed by atoms with Crippen molar-refractivity contribution in [3.05, 3.63) is 21.5 Å². The van der Waals surface area contributed by atoms with Crippen LogP contribution in [0, 0.1) is 5.41 Å². The molecular weight excluding hydrogens is 202 g/mol. The van der Waals surface area contributed by atoms with Crippen molar-refractivity contribution in [1.82, 2.24) is 0 Å². The van der Waals surface area contributed by atoms with Crippen LogP contribution in [0.5, 0.6) is 0 Å². The van der Waals surface area contributed by atoms with Crippen LogP contribution in [0.15, 0.2) is 17.1 Å². The molecule has 0 bridgehead atoms. The Bertz CT molecular complexity index is 183. The molecule has 1 heterocycles. The Morgan fingerprint density at radius 3 is 2.56 bits per heavy atom. The van der Waals surface area contributed by atoms with E-state index in [0.29, 0.717) is 14.5 Å². The summed E-state index contributed by atoms with van der Waals surface area (Å²) in [6, 6.07) is 3.83.